The van der Waals surface area contributed by atoms with E-state index in [9.17, 15) is 0 Å². The molecule has 138 valence electrons. The van der Waals surface area contributed by atoms with Crippen LogP contribution in [0.5, 0.6) is 0 Å². The molecule has 0 aromatic heterocycles. The zero-order valence-electron chi connectivity index (χ0n) is 15.4. The highest BCUT2D eigenvalue weighted by atomic mass is 127. The molecule has 4 heteroatoms. The molecule has 2 nitrogen and oxygen atoms in total. The van der Waals surface area contributed by atoms with Gasteiger partial charge in [-0.3, -0.25) is 0 Å². The molecule has 0 N–H and O–H groups in total. The molecule has 0 amide bonds. The van der Waals surface area contributed by atoms with Gasteiger partial charge < -0.3 is 9.47 Å². The van der Waals surface area contributed by atoms with Crippen molar-refractivity contribution in [3.63, 3.8) is 0 Å². The largest absolute Gasteiger partial charge is 0.373 e. The number of allylic oxidation sites excluding steroid dienone is 2. The smallest absolute Gasteiger partial charge is 0.0919 e. The summed E-state index contributed by atoms with van der Waals surface area (Å²) in [6, 6.07) is 0. The van der Waals surface area contributed by atoms with Gasteiger partial charge in [0, 0.05) is 33.0 Å². The van der Waals surface area contributed by atoms with Gasteiger partial charge in [-0.05, 0) is 77.4 Å². The summed E-state index contributed by atoms with van der Waals surface area (Å²) in [6.07, 6.45) is 12.7. The molecule has 0 aromatic carbocycles. The second kappa shape index (κ2) is 7.04. The fourth-order valence-corrected chi connectivity index (χ4v) is 6.96. The highest BCUT2D eigenvalue weighted by Crippen LogP contribution is 2.65. The van der Waals surface area contributed by atoms with E-state index in [2.05, 4.69) is 52.3 Å². The van der Waals surface area contributed by atoms with E-state index >= 15 is 0 Å². The maximum atomic E-state index is 6.35. The Kier molecular flexibility index (Phi) is 5.25. The predicted octanol–water partition coefficient (Wildman–Crippen LogP) is 5.90. The first-order valence-corrected chi connectivity index (χ1v) is 13.1. The molecule has 3 aliphatic carbocycles. The van der Waals surface area contributed by atoms with Crippen molar-refractivity contribution >= 4 is 30.1 Å². The van der Waals surface area contributed by atoms with Crippen LogP contribution in [0.15, 0.2) is 11.6 Å². The van der Waals surface area contributed by atoms with Crippen molar-refractivity contribution in [2.75, 3.05) is 13.2 Å². The molecule has 1 saturated heterocycles. The van der Waals surface area contributed by atoms with Crippen molar-refractivity contribution in [2.45, 2.75) is 76.9 Å². The average molecular weight is 472 g/mol. The lowest BCUT2D eigenvalue weighted by Gasteiger charge is -2.62. The molecule has 0 aromatic rings. The Morgan fingerprint density at radius 3 is 2.96 bits per heavy atom. The predicted molar refractivity (Wildman–Crippen MR) is 113 cm³/mol. The van der Waals surface area contributed by atoms with Crippen LogP contribution in [-0.2, 0) is 9.47 Å². The quantitative estimate of drug-likeness (QED) is 0.269. The zero-order valence-corrected chi connectivity index (χ0v) is 18.4. The summed E-state index contributed by atoms with van der Waals surface area (Å²) in [6.45, 7) is 6.33. The molecule has 1 aliphatic heterocycles. The van der Waals surface area contributed by atoms with Crippen molar-refractivity contribution < 1.29 is 9.47 Å². The van der Waals surface area contributed by atoms with Crippen LogP contribution in [0.4, 0.5) is 0 Å². The topological polar surface area (TPSA) is 18.5 Å². The van der Waals surface area contributed by atoms with Crippen LogP contribution < -0.4 is 0 Å². The first kappa shape index (κ1) is 18.7. The summed E-state index contributed by atoms with van der Waals surface area (Å²) in [5.74, 6) is 4.07. The molecule has 4 aliphatic rings. The molecule has 0 bridgehead atoms. The third-order valence-electron chi connectivity index (χ3n) is 7.60. The van der Waals surface area contributed by atoms with Gasteiger partial charge >= 0.3 is 0 Å². The van der Waals surface area contributed by atoms with Crippen molar-refractivity contribution in [1.82, 2.24) is 0 Å². The van der Waals surface area contributed by atoms with E-state index < -0.39 is 0 Å². The highest BCUT2D eigenvalue weighted by molar-refractivity contribution is 14.2. The maximum Gasteiger partial charge on any atom is 0.0919 e. The summed E-state index contributed by atoms with van der Waals surface area (Å²) in [4.78, 5) is 0. The summed E-state index contributed by atoms with van der Waals surface area (Å²) in [7, 11) is 1.62. The number of hydrogen-bond acceptors (Lipinski definition) is 3. The van der Waals surface area contributed by atoms with Crippen molar-refractivity contribution in [2.24, 2.45) is 16.7 Å². The summed E-state index contributed by atoms with van der Waals surface area (Å²) >= 11 is 2.28. The standard InChI is InChI=1S/C21H29IO2S/c1-19-11-12-20(2)18(23-13-14-24-20)16(19)7-10-21(9-5-15-25-22)8-4-3-6-17(19)21/h6,16,18H,3-4,7-14H2,1-2H3. The molecule has 5 unspecified atom stereocenters. The minimum Gasteiger partial charge on any atom is -0.373 e. The number of ether oxygens (including phenoxy) is 2. The molecule has 0 spiro atoms. The van der Waals surface area contributed by atoms with Gasteiger partial charge in [-0.15, -0.1) is 0 Å². The Balaban J connectivity index is 1.68. The van der Waals surface area contributed by atoms with E-state index in [1.165, 1.54) is 38.5 Å². The van der Waals surface area contributed by atoms with E-state index in [0.717, 1.165) is 26.1 Å². The maximum absolute atomic E-state index is 6.35. The van der Waals surface area contributed by atoms with Crippen molar-refractivity contribution in [1.29, 1.82) is 0 Å². The minimum absolute atomic E-state index is 0.0741. The van der Waals surface area contributed by atoms with Gasteiger partial charge in [-0.1, -0.05) is 24.5 Å². The first-order valence-electron chi connectivity index (χ1n) is 9.76. The lowest BCUT2D eigenvalue weighted by molar-refractivity contribution is -0.251. The molecule has 5 atom stereocenters. The van der Waals surface area contributed by atoms with Crippen LogP contribution >= 0.6 is 30.1 Å². The molecule has 4 rings (SSSR count). The number of fused-ring (bicyclic) bond motifs is 5. The number of halogens is 1. The highest BCUT2D eigenvalue weighted by Gasteiger charge is 2.60. The summed E-state index contributed by atoms with van der Waals surface area (Å²) in [5, 5.41) is 3.24. The zero-order chi connectivity index (χ0) is 17.5. The van der Waals surface area contributed by atoms with Crippen LogP contribution in [-0.4, -0.2) is 24.9 Å². The lowest BCUT2D eigenvalue weighted by Crippen LogP contribution is -2.62. The second-order valence-electron chi connectivity index (χ2n) is 8.84. The van der Waals surface area contributed by atoms with Gasteiger partial charge in [0.1, 0.15) is 0 Å². The van der Waals surface area contributed by atoms with E-state index in [1.54, 1.807) is 14.5 Å². The monoisotopic (exact) mass is 472 g/mol. The van der Waals surface area contributed by atoms with Gasteiger partial charge in [0.05, 0.1) is 24.9 Å². The van der Waals surface area contributed by atoms with Gasteiger partial charge in [-0.25, -0.2) is 0 Å². The molecule has 3 fully saturated rings. The van der Waals surface area contributed by atoms with Crippen LogP contribution in [0.25, 0.3) is 0 Å². The Bertz CT molecular complexity index is 623. The van der Waals surface area contributed by atoms with E-state index in [-0.39, 0.29) is 17.1 Å². The third-order valence-corrected chi connectivity index (χ3v) is 8.49. The van der Waals surface area contributed by atoms with Gasteiger partial charge in [0.25, 0.3) is 0 Å². The van der Waals surface area contributed by atoms with E-state index in [1.807, 2.05) is 0 Å². The molecular weight excluding hydrogens is 443 g/mol. The Hall–Kier alpha value is 0.300. The Labute approximate surface area is 168 Å². The number of hydrogen-bond donors (Lipinski definition) is 0. The fourth-order valence-electron chi connectivity index (χ4n) is 6.37. The number of rotatable bonds is 1. The third kappa shape index (κ3) is 3.02. The average Bonchev–Trinajstić information content (AvgIpc) is 2.62. The molecule has 0 radical (unpaired) electrons. The molecule has 2 saturated carbocycles. The van der Waals surface area contributed by atoms with Crippen LogP contribution in [0.3, 0.4) is 0 Å². The van der Waals surface area contributed by atoms with E-state index in [0.29, 0.717) is 11.3 Å². The molecular formula is C21H29IO2S. The van der Waals surface area contributed by atoms with Crippen LogP contribution in [0.2, 0.25) is 0 Å². The molecule has 1 heterocycles. The van der Waals surface area contributed by atoms with Gasteiger partial charge in [0.2, 0.25) is 0 Å². The lowest BCUT2D eigenvalue weighted by atomic mass is 9.46. The van der Waals surface area contributed by atoms with Gasteiger partial charge in [-0.2, -0.15) is 0 Å². The van der Waals surface area contributed by atoms with Crippen LogP contribution in [0.1, 0.15) is 65.2 Å². The second-order valence-corrected chi connectivity index (χ2v) is 10.5. The Morgan fingerprint density at radius 2 is 2.12 bits per heavy atom. The summed E-state index contributed by atoms with van der Waals surface area (Å²) < 4.78 is 12.6. The van der Waals surface area contributed by atoms with Gasteiger partial charge in [0.15, 0.2) is 0 Å². The minimum atomic E-state index is -0.0741. The summed E-state index contributed by atoms with van der Waals surface area (Å²) in [5.41, 5.74) is 2.25. The first-order chi connectivity index (χ1) is 12.0. The van der Waals surface area contributed by atoms with Crippen LogP contribution in [0, 0.1) is 27.9 Å². The fraction of sp³-hybridized carbons (Fsp3) is 0.810. The molecule has 25 heavy (non-hydrogen) atoms. The van der Waals surface area contributed by atoms with Crippen molar-refractivity contribution in [3.8, 4) is 11.2 Å². The SMILES string of the molecule is CC12CCC3(C)C4=CCCCC4(CC#CSI)CCC3C1OCCO2. The normalized spacial score (nSPS) is 46.0. The van der Waals surface area contributed by atoms with E-state index in [4.69, 9.17) is 9.47 Å². The Morgan fingerprint density at radius 1 is 1.24 bits per heavy atom. The van der Waals surface area contributed by atoms with Crippen molar-refractivity contribution in [3.05, 3.63) is 11.6 Å².